The maximum Gasteiger partial charge on any atom is 0.234 e. The summed E-state index contributed by atoms with van der Waals surface area (Å²) in [7, 11) is 9.40. The Labute approximate surface area is 400 Å². The van der Waals surface area contributed by atoms with Gasteiger partial charge in [0.25, 0.3) is 0 Å². The van der Waals surface area contributed by atoms with Gasteiger partial charge in [0.05, 0.1) is 48.1 Å². The third-order valence-electron chi connectivity index (χ3n) is 14.6. The quantitative estimate of drug-likeness (QED) is 0.188. The van der Waals surface area contributed by atoms with Gasteiger partial charge in [-0.15, -0.1) is 0 Å². The van der Waals surface area contributed by atoms with Gasteiger partial charge in [0, 0.05) is 90.9 Å². The number of hydrogen-bond acceptors (Lipinski definition) is 14. The van der Waals surface area contributed by atoms with Crippen LogP contribution >= 0.6 is 0 Å². The van der Waals surface area contributed by atoms with E-state index < -0.39 is 72.2 Å². The molecular formula is C50H86N6O11. The number of carbonyl (C=O) groups is 3. The van der Waals surface area contributed by atoms with E-state index in [1.165, 1.54) is 0 Å². The molecule has 1 unspecified atom stereocenters. The lowest BCUT2D eigenvalue weighted by Gasteiger charge is -2.49. The molecule has 0 spiro atoms. The van der Waals surface area contributed by atoms with Gasteiger partial charge in [0.2, 0.25) is 17.7 Å². The first-order valence-electron chi connectivity index (χ1n) is 24.7. The molecule has 0 aliphatic carbocycles. The van der Waals surface area contributed by atoms with Crippen molar-refractivity contribution in [1.82, 2.24) is 30.2 Å². The zero-order valence-corrected chi connectivity index (χ0v) is 42.6. The van der Waals surface area contributed by atoms with Crippen molar-refractivity contribution >= 4 is 17.7 Å². The van der Waals surface area contributed by atoms with Gasteiger partial charge in [0.15, 0.2) is 12.6 Å². The summed E-state index contributed by atoms with van der Waals surface area (Å²) in [6, 6.07) is 9.15. The molecule has 0 saturated carbocycles. The van der Waals surface area contributed by atoms with Gasteiger partial charge < -0.3 is 64.0 Å². The van der Waals surface area contributed by atoms with Crippen LogP contribution in [-0.4, -0.2) is 208 Å². The molecule has 4 aliphatic heterocycles. The number of amides is 3. The Morgan fingerprint density at radius 3 is 2.31 bits per heavy atom. The molecule has 15 atom stereocenters. The Morgan fingerprint density at radius 2 is 1.66 bits per heavy atom. The minimum absolute atomic E-state index is 0.0101. The van der Waals surface area contributed by atoms with Gasteiger partial charge >= 0.3 is 0 Å². The number of methoxy groups -OCH3 is 1. The maximum atomic E-state index is 14.7. The number of ether oxygens (including phenoxy) is 6. The Balaban J connectivity index is 1.45. The normalized spacial score (nSPS) is 38.1. The van der Waals surface area contributed by atoms with E-state index in [0.29, 0.717) is 45.5 Å². The van der Waals surface area contributed by atoms with E-state index in [-0.39, 0.29) is 55.0 Å². The Morgan fingerprint density at radius 1 is 0.970 bits per heavy atom. The summed E-state index contributed by atoms with van der Waals surface area (Å²) in [5.41, 5.74) is -1.57. The zero-order chi connectivity index (χ0) is 49.2. The van der Waals surface area contributed by atoms with Gasteiger partial charge in [-0.25, -0.2) is 0 Å². The summed E-state index contributed by atoms with van der Waals surface area (Å²) in [6.45, 7) is 18.1. The van der Waals surface area contributed by atoms with Crippen molar-refractivity contribution in [2.75, 3.05) is 87.7 Å². The predicted octanol–water partition coefficient (Wildman–Crippen LogP) is 2.50. The average Bonchev–Trinajstić information content (AvgIpc) is 3.26. The number of carbonyl (C=O) groups excluding carboxylic acids is 3. The first kappa shape index (κ1) is 55.1. The SMILES string of the molecule is CO[C@]1(C)C[C@H](O[C@@H]2C(C)C(=O)N[C@@H](Cc3ccccc3)CC(=O)N(C)C[C@H](C)C[C@@](C)(O)[C@H](O[C@@H]3O[C@H](C)C[C@H](N(C)C)[C@H]3OCCCNC(=O)CN3CCN(C)CC3)[C@H]2C)O[C@@H](C)[C@@H]1O. The van der Waals surface area contributed by atoms with Crippen LogP contribution in [0.25, 0.3) is 0 Å². The van der Waals surface area contributed by atoms with Gasteiger partial charge in [0.1, 0.15) is 12.2 Å². The highest BCUT2D eigenvalue weighted by Crippen LogP contribution is 2.40. The van der Waals surface area contributed by atoms with Gasteiger partial charge in [-0.3, -0.25) is 19.3 Å². The molecule has 5 rings (SSSR count). The van der Waals surface area contributed by atoms with Crippen LogP contribution in [0.2, 0.25) is 0 Å². The number of likely N-dealkylation sites (N-methyl/N-ethyl adjacent to an activating group) is 2. The molecule has 17 nitrogen and oxygen atoms in total. The number of nitrogens with one attached hydrogen (secondary N) is 2. The molecule has 1 aromatic carbocycles. The number of nitrogens with zero attached hydrogens (tertiary/aromatic N) is 4. The molecule has 4 aliphatic rings. The molecular weight excluding hydrogens is 861 g/mol. The standard InChI is InChI=1S/C50H86N6O11/c1-32-28-49(6,61)46(67-48-44(39(53(8)9)25-33(2)64-48)63-24-16-19-51-40(57)31-56-22-20-54(10)21-23-56)34(3)43(66-42-29-50(7,62-12)45(59)36(5)65-42)35(4)47(60)52-38(27-41(58)55(11)30-32)26-37-17-14-13-15-18-37/h13-15,17-18,32-36,38-39,42-46,48,59,61H,16,19-31H2,1-12H3,(H,51,57)(H,52,60)/t32-,33-,34+,35?,36+,38+,39+,42+,43+,44-,45+,46-,48+,49-,50-/m1/s1. The van der Waals surface area contributed by atoms with Crippen LogP contribution in [0, 0.1) is 17.8 Å². The number of aliphatic hydroxyl groups excluding tert-OH is 1. The van der Waals surface area contributed by atoms with Crippen molar-refractivity contribution in [3.05, 3.63) is 35.9 Å². The van der Waals surface area contributed by atoms with Gasteiger partial charge in [-0.1, -0.05) is 51.1 Å². The van der Waals surface area contributed by atoms with E-state index in [0.717, 1.165) is 31.7 Å². The molecule has 67 heavy (non-hydrogen) atoms. The summed E-state index contributed by atoms with van der Waals surface area (Å²) >= 11 is 0. The monoisotopic (exact) mass is 947 g/mol. The molecule has 382 valence electrons. The molecule has 1 aromatic rings. The lowest BCUT2D eigenvalue weighted by molar-refractivity contribution is -0.320. The summed E-state index contributed by atoms with van der Waals surface area (Å²) in [6.07, 6.45) is -3.99. The van der Waals surface area contributed by atoms with Crippen LogP contribution in [0.15, 0.2) is 30.3 Å². The third-order valence-corrected chi connectivity index (χ3v) is 14.6. The largest absolute Gasteiger partial charge is 0.387 e. The highest BCUT2D eigenvalue weighted by molar-refractivity contribution is 5.81. The fourth-order valence-corrected chi connectivity index (χ4v) is 10.6. The number of hydrogen-bond donors (Lipinski definition) is 4. The van der Waals surface area contributed by atoms with E-state index >= 15 is 0 Å². The number of aliphatic hydroxyl groups is 2. The van der Waals surface area contributed by atoms with Gasteiger partial charge in [-0.2, -0.15) is 0 Å². The molecule has 17 heteroatoms. The Hall–Kier alpha value is -2.81. The Bertz CT molecular complexity index is 1700. The number of rotatable bonds is 15. The highest BCUT2D eigenvalue weighted by atomic mass is 16.7. The van der Waals surface area contributed by atoms with E-state index in [1.807, 2.05) is 72.1 Å². The molecule has 4 N–H and O–H groups in total. The molecule has 3 amide bonds. The summed E-state index contributed by atoms with van der Waals surface area (Å²) in [4.78, 5) is 49.7. The minimum Gasteiger partial charge on any atom is -0.387 e. The zero-order valence-electron chi connectivity index (χ0n) is 42.6. The molecule has 0 aromatic heterocycles. The average molecular weight is 947 g/mol. The molecule has 0 bridgehead atoms. The minimum atomic E-state index is -1.55. The van der Waals surface area contributed by atoms with Crippen LogP contribution in [0.1, 0.15) is 86.1 Å². The predicted molar refractivity (Wildman–Crippen MR) is 255 cm³/mol. The second kappa shape index (κ2) is 24.8. The maximum absolute atomic E-state index is 14.7. The van der Waals surface area contributed by atoms with Crippen LogP contribution in [0.5, 0.6) is 0 Å². The smallest absolute Gasteiger partial charge is 0.234 e. The number of benzene rings is 1. The van der Waals surface area contributed by atoms with Crippen molar-refractivity contribution in [3.63, 3.8) is 0 Å². The second-order valence-electron chi connectivity index (χ2n) is 21.0. The van der Waals surface area contributed by atoms with E-state index in [9.17, 15) is 24.6 Å². The summed E-state index contributed by atoms with van der Waals surface area (Å²) in [5, 5.41) is 30.3. The first-order valence-corrected chi connectivity index (χ1v) is 24.7. The van der Waals surface area contributed by atoms with Crippen LogP contribution in [0.4, 0.5) is 0 Å². The second-order valence-corrected chi connectivity index (χ2v) is 21.0. The summed E-state index contributed by atoms with van der Waals surface area (Å²) < 4.78 is 39.6. The van der Waals surface area contributed by atoms with Crippen molar-refractivity contribution in [2.24, 2.45) is 17.8 Å². The van der Waals surface area contributed by atoms with Crippen molar-refractivity contribution in [3.8, 4) is 0 Å². The van der Waals surface area contributed by atoms with Crippen molar-refractivity contribution in [1.29, 1.82) is 0 Å². The lowest BCUT2D eigenvalue weighted by Crippen LogP contribution is -2.61. The fraction of sp³-hybridized carbons (Fsp3) is 0.820. The highest BCUT2D eigenvalue weighted by Gasteiger charge is 2.51. The molecule has 4 fully saturated rings. The molecule has 4 saturated heterocycles. The van der Waals surface area contributed by atoms with Crippen LogP contribution in [0.3, 0.4) is 0 Å². The Kier molecular flexibility index (Phi) is 20.4. The summed E-state index contributed by atoms with van der Waals surface area (Å²) in [5.74, 6) is -2.15. The van der Waals surface area contributed by atoms with E-state index in [2.05, 4.69) is 32.4 Å². The van der Waals surface area contributed by atoms with Crippen LogP contribution < -0.4 is 10.6 Å². The number of piperazine rings is 1. The lowest BCUT2D eigenvalue weighted by atomic mass is 9.77. The van der Waals surface area contributed by atoms with E-state index in [4.69, 9.17) is 28.4 Å². The van der Waals surface area contributed by atoms with Crippen LogP contribution in [-0.2, 0) is 49.2 Å². The first-order chi connectivity index (χ1) is 31.6. The topological polar surface area (TPSA) is 184 Å². The fourth-order valence-electron chi connectivity index (χ4n) is 10.6. The van der Waals surface area contributed by atoms with Crippen molar-refractivity contribution < 1.29 is 53.0 Å². The van der Waals surface area contributed by atoms with Crippen molar-refractivity contribution in [2.45, 2.75) is 159 Å². The van der Waals surface area contributed by atoms with Gasteiger partial charge in [-0.05, 0) is 86.0 Å². The molecule has 0 radical (unpaired) electrons. The van der Waals surface area contributed by atoms with E-state index in [1.54, 1.807) is 39.8 Å². The third kappa shape index (κ3) is 15.3. The molecule has 4 heterocycles.